The third-order valence-electron chi connectivity index (χ3n) is 3.96. The Morgan fingerprint density at radius 2 is 1.65 bits per heavy atom. The first-order chi connectivity index (χ1) is 12.2. The number of amides is 1. The Morgan fingerprint density at radius 3 is 2.31 bits per heavy atom. The minimum Gasteiger partial charge on any atom is -0.310 e. The molecule has 0 unspecified atom stereocenters. The molecule has 8 nitrogen and oxygen atoms in total. The normalized spacial score (nSPS) is 15.3. The number of hydrogen-bond donors (Lipinski definition) is 2. The van der Waals surface area contributed by atoms with Crippen molar-refractivity contribution in [2.45, 2.75) is 22.6 Å². The zero-order valence-electron chi connectivity index (χ0n) is 13.6. The van der Waals surface area contributed by atoms with E-state index in [0.29, 0.717) is 25.1 Å². The van der Waals surface area contributed by atoms with Crippen molar-refractivity contribution < 1.29 is 21.6 Å². The van der Waals surface area contributed by atoms with E-state index >= 15 is 0 Å². The van der Waals surface area contributed by atoms with Gasteiger partial charge in [0.15, 0.2) is 0 Å². The maximum absolute atomic E-state index is 12.7. The van der Waals surface area contributed by atoms with Gasteiger partial charge in [-0.05, 0) is 36.8 Å². The summed E-state index contributed by atoms with van der Waals surface area (Å²) in [6.45, 7) is 0.512. The van der Waals surface area contributed by atoms with Gasteiger partial charge in [0.05, 0.1) is 21.2 Å². The van der Waals surface area contributed by atoms with E-state index in [1.807, 2.05) is 0 Å². The third kappa shape index (κ3) is 3.71. The van der Waals surface area contributed by atoms with E-state index in [1.165, 1.54) is 23.1 Å². The summed E-state index contributed by atoms with van der Waals surface area (Å²) in [7, 11) is -8.11. The second kappa shape index (κ2) is 6.71. The Balaban J connectivity index is 1.98. The molecule has 0 saturated carbocycles. The van der Waals surface area contributed by atoms with Crippen molar-refractivity contribution in [3.63, 3.8) is 0 Å². The highest BCUT2D eigenvalue weighted by atomic mass is 32.2. The van der Waals surface area contributed by atoms with Crippen molar-refractivity contribution >= 4 is 37.3 Å². The Morgan fingerprint density at radius 1 is 0.962 bits per heavy atom. The van der Waals surface area contributed by atoms with E-state index in [2.05, 4.69) is 4.72 Å². The van der Waals surface area contributed by atoms with Gasteiger partial charge in [-0.2, -0.15) is 0 Å². The Bertz CT molecular complexity index is 1060. The van der Waals surface area contributed by atoms with Crippen LogP contribution in [0.1, 0.15) is 12.8 Å². The number of primary sulfonamides is 1. The predicted octanol–water partition coefficient (Wildman–Crippen LogP) is 1.26. The second-order valence-electron chi connectivity index (χ2n) is 5.79. The largest absolute Gasteiger partial charge is 0.310 e. The van der Waals surface area contributed by atoms with Gasteiger partial charge in [0.25, 0.3) is 10.0 Å². The molecule has 0 aliphatic carbocycles. The molecule has 0 aromatic heterocycles. The Hall–Kier alpha value is -2.43. The van der Waals surface area contributed by atoms with Crippen molar-refractivity contribution in [1.29, 1.82) is 0 Å². The van der Waals surface area contributed by atoms with E-state index in [-0.39, 0.29) is 21.4 Å². The molecule has 10 heteroatoms. The molecule has 0 bridgehead atoms. The number of nitrogens with one attached hydrogen (secondary N) is 1. The zero-order valence-corrected chi connectivity index (χ0v) is 15.3. The van der Waals surface area contributed by atoms with Crippen LogP contribution in [-0.2, 0) is 24.8 Å². The van der Waals surface area contributed by atoms with Crippen LogP contribution < -0.4 is 14.8 Å². The Kier molecular flexibility index (Phi) is 4.74. The van der Waals surface area contributed by atoms with Crippen LogP contribution in [0.15, 0.2) is 58.3 Å². The summed E-state index contributed by atoms with van der Waals surface area (Å²) in [5, 5.41) is 5.06. The molecule has 0 radical (unpaired) electrons. The molecular formula is C16H17N3O5S2. The number of anilines is 2. The maximum Gasteiger partial charge on any atom is 0.262 e. The molecule has 2 aromatic carbocycles. The second-order valence-corrected chi connectivity index (χ2v) is 9.04. The fourth-order valence-corrected chi connectivity index (χ4v) is 4.47. The molecule has 1 aliphatic heterocycles. The molecule has 1 heterocycles. The van der Waals surface area contributed by atoms with Gasteiger partial charge in [0, 0.05) is 13.0 Å². The first-order valence-electron chi connectivity index (χ1n) is 7.73. The molecule has 1 fully saturated rings. The summed E-state index contributed by atoms with van der Waals surface area (Å²) in [5.74, 6) is -0.0760. The molecule has 2 aromatic rings. The van der Waals surface area contributed by atoms with Crippen LogP contribution in [-0.4, -0.2) is 29.3 Å². The summed E-state index contributed by atoms with van der Waals surface area (Å²) in [6, 6.07) is 11.3. The van der Waals surface area contributed by atoms with Gasteiger partial charge < -0.3 is 4.90 Å². The molecule has 1 saturated heterocycles. The van der Waals surface area contributed by atoms with Crippen molar-refractivity contribution in [2.24, 2.45) is 5.14 Å². The van der Waals surface area contributed by atoms with Crippen LogP contribution >= 0.6 is 0 Å². The quantitative estimate of drug-likeness (QED) is 0.788. The van der Waals surface area contributed by atoms with Gasteiger partial charge in [-0.15, -0.1) is 0 Å². The zero-order chi connectivity index (χ0) is 18.9. The molecule has 1 aliphatic rings. The molecule has 26 heavy (non-hydrogen) atoms. The van der Waals surface area contributed by atoms with E-state index < -0.39 is 20.0 Å². The summed E-state index contributed by atoms with van der Waals surface area (Å²) in [6.07, 6.45) is 1.12. The van der Waals surface area contributed by atoms with Crippen LogP contribution in [0.2, 0.25) is 0 Å². The molecule has 138 valence electrons. The van der Waals surface area contributed by atoms with Crippen molar-refractivity contribution in [1.82, 2.24) is 0 Å². The number of para-hydroxylation sites is 2. The lowest BCUT2D eigenvalue weighted by Crippen LogP contribution is -2.25. The topological polar surface area (TPSA) is 127 Å². The molecule has 0 atom stereocenters. The lowest BCUT2D eigenvalue weighted by atomic mass is 10.2. The Labute approximate surface area is 151 Å². The van der Waals surface area contributed by atoms with Gasteiger partial charge in [0.1, 0.15) is 0 Å². The SMILES string of the molecule is NS(=O)(=O)c1cccc(S(=O)(=O)Nc2ccccc2N2CCCC2=O)c1. The van der Waals surface area contributed by atoms with Crippen molar-refractivity contribution in [3.8, 4) is 0 Å². The highest BCUT2D eigenvalue weighted by Gasteiger charge is 2.25. The maximum atomic E-state index is 12.7. The van der Waals surface area contributed by atoms with Gasteiger partial charge in [-0.25, -0.2) is 22.0 Å². The highest BCUT2D eigenvalue weighted by molar-refractivity contribution is 7.93. The number of sulfonamides is 2. The number of benzene rings is 2. The number of carbonyl (C=O) groups is 1. The fourth-order valence-electron chi connectivity index (χ4n) is 2.72. The summed E-state index contributed by atoms with van der Waals surface area (Å²) in [4.78, 5) is 13.0. The van der Waals surface area contributed by atoms with Crippen LogP contribution in [0.25, 0.3) is 0 Å². The van der Waals surface area contributed by atoms with Crippen molar-refractivity contribution in [2.75, 3.05) is 16.2 Å². The average molecular weight is 395 g/mol. The minimum absolute atomic E-state index is 0.0760. The van der Waals surface area contributed by atoms with E-state index in [4.69, 9.17) is 5.14 Å². The lowest BCUT2D eigenvalue weighted by Gasteiger charge is -2.20. The van der Waals surface area contributed by atoms with E-state index in [1.54, 1.807) is 24.3 Å². The number of nitrogens with two attached hydrogens (primary N) is 1. The number of nitrogens with zero attached hydrogens (tertiary/aromatic N) is 1. The molecule has 1 amide bonds. The van der Waals surface area contributed by atoms with Crippen LogP contribution in [0.5, 0.6) is 0 Å². The number of carbonyl (C=O) groups excluding carboxylic acids is 1. The first kappa shape index (κ1) is 18.4. The van der Waals surface area contributed by atoms with E-state index in [0.717, 1.165) is 6.07 Å². The van der Waals surface area contributed by atoms with Gasteiger partial charge in [-0.1, -0.05) is 18.2 Å². The smallest absolute Gasteiger partial charge is 0.262 e. The molecular weight excluding hydrogens is 378 g/mol. The summed E-state index contributed by atoms with van der Waals surface area (Å²) >= 11 is 0. The fraction of sp³-hybridized carbons (Fsp3) is 0.188. The van der Waals surface area contributed by atoms with Crippen molar-refractivity contribution in [3.05, 3.63) is 48.5 Å². The summed E-state index contributed by atoms with van der Waals surface area (Å²) < 4.78 is 50.7. The molecule has 3 rings (SSSR count). The van der Waals surface area contributed by atoms with Gasteiger partial charge in [-0.3, -0.25) is 9.52 Å². The van der Waals surface area contributed by atoms with Crippen LogP contribution in [0.4, 0.5) is 11.4 Å². The molecule has 0 spiro atoms. The monoisotopic (exact) mass is 395 g/mol. The minimum atomic E-state index is -4.07. The standard InChI is InChI=1S/C16H17N3O5S2/c17-25(21,22)12-5-3-6-13(11-12)26(23,24)18-14-7-1-2-8-15(14)19-10-4-9-16(19)20/h1-3,5-8,11,18H,4,9-10H2,(H2,17,21,22). The summed E-state index contributed by atoms with van der Waals surface area (Å²) in [5.41, 5.74) is 0.699. The average Bonchev–Trinajstić information content (AvgIpc) is 3.00. The predicted molar refractivity (Wildman–Crippen MR) is 96.7 cm³/mol. The first-order valence-corrected chi connectivity index (χ1v) is 10.8. The third-order valence-corrected chi connectivity index (χ3v) is 6.23. The van der Waals surface area contributed by atoms with Gasteiger partial charge in [0.2, 0.25) is 15.9 Å². The number of rotatable bonds is 5. The van der Waals surface area contributed by atoms with E-state index in [9.17, 15) is 21.6 Å². The van der Waals surface area contributed by atoms with Gasteiger partial charge >= 0.3 is 0 Å². The lowest BCUT2D eigenvalue weighted by molar-refractivity contribution is -0.117. The highest BCUT2D eigenvalue weighted by Crippen LogP contribution is 2.31. The van der Waals surface area contributed by atoms with Crippen LogP contribution in [0, 0.1) is 0 Å². The molecule has 3 N–H and O–H groups in total. The number of hydrogen-bond acceptors (Lipinski definition) is 5. The van der Waals surface area contributed by atoms with Crippen LogP contribution in [0.3, 0.4) is 0 Å².